The van der Waals surface area contributed by atoms with Crippen molar-refractivity contribution in [3.63, 3.8) is 0 Å². The van der Waals surface area contributed by atoms with E-state index in [0.717, 1.165) is 51.4 Å². The van der Waals surface area contributed by atoms with E-state index < -0.39 is 29.1 Å². The molecule has 4 aliphatic heterocycles. The van der Waals surface area contributed by atoms with E-state index in [1.807, 2.05) is 41.0 Å². The number of carbonyl (C=O) groups excluding carboxylic acids is 3. The third-order valence-corrected chi connectivity index (χ3v) is 8.94. The van der Waals surface area contributed by atoms with Crippen molar-refractivity contribution in [2.24, 2.45) is 11.8 Å². The van der Waals surface area contributed by atoms with Crippen molar-refractivity contribution in [1.82, 2.24) is 14.7 Å². The molecule has 0 aliphatic carbocycles. The van der Waals surface area contributed by atoms with Gasteiger partial charge in [0.05, 0.1) is 17.4 Å². The highest BCUT2D eigenvalue weighted by molar-refractivity contribution is 6.00. The molecule has 2 fully saturated rings. The van der Waals surface area contributed by atoms with Crippen LogP contribution in [0.1, 0.15) is 78.6 Å². The molecule has 212 valence electrons. The second kappa shape index (κ2) is 12.3. The number of fused-ring (bicyclic) bond motifs is 2. The van der Waals surface area contributed by atoms with Crippen LogP contribution in [0.4, 0.5) is 0 Å². The minimum Gasteiger partial charge on any atom is -0.396 e. The monoisotopic (exact) mass is 529 g/mol. The van der Waals surface area contributed by atoms with Crippen molar-refractivity contribution < 1.29 is 24.2 Å². The molecule has 3 amide bonds. The molecule has 4 aliphatic rings. The van der Waals surface area contributed by atoms with E-state index in [2.05, 4.69) is 13.8 Å². The molecule has 0 aromatic carbocycles. The number of amides is 3. The molecule has 0 saturated carbocycles. The average Bonchev–Trinajstić information content (AvgIpc) is 3.20. The summed E-state index contributed by atoms with van der Waals surface area (Å²) >= 11 is 0. The van der Waals surface area contributed by atoms with Crippen LogP contribution in [-0.2, 0) is 19.1 Å². The van der Waals surface area contributed by atoms with Crippen LogP contribution >= 0.6 is 0 Å². The van der Waals surface area contributed by atoms with E-state index in [0.29, 0.717) is 39.1 Å². The van der Waals surface area contributed by atoms with E-state index in [4.69, 9.17) is 9.84 Å². The minimum absolute atomic E-state index is 0.0395. The van der Waals surface area contributed by atoms with E-state index in [1.54, 1.807) is 4.90 Å². The number of aliphatic hydroxyl groups excluding tert-OH is 1. The molecule has 1 N–H and O–H groups in total. The van der Waals surface area contributed by atoms with Gasteiger partial charge < -0.3 is 24.5 Å². The Morgan fingerprint density at radius 1 is 0.789 bits per heavy atom. The number of likely N-dealkylation sites (tertiary alicyclic amines) is 1. The van der Waals surface area contributed by atoms with Gasteiger partial charge in [0.2, 0.25) is 17.7 Å². The standard InChI is InChI=1S/C30H47N3O5/c1-4-7-10-18-32-20-14-16-30-24(27(36)33(25(30)28(32)37)21-11-8-9-12-22-34)23-26(35)31(17-5-2)19-13-15-29(23,6-3)38-30/h13-16,23-25,34H,4-12,17-22H2,1-3H3/t23-,24+,25?,29+,30+/m1/s1. The topological polar surface area (TPSA) is 90.4 Å². The van der Waals surface area contributed by atoms with E-state index in [-0.39, 0.29) is 24.3 Å². The van der Waals surface area contributed by atoms with Gasteiger partial charge >= 0.3 is 0 Å². The molecule has 0 radical (unpaired) electrons. The number of nitrogens with zero attached hydrogens (tertiary/aromatic N) is 3. The second-order valence-corrected chi connectivity index (χ2v) is 11.4. The maximum atomic E-state index is 14.3. The zero-order valence-corrected chi connectivity index (χ0v) is 23.6. The number of unbranched alkanes of at least 4 members (excludes halogenated alkanes) is 5. The Balaban J connectivity index is 1.74. The van der Waals surface area contributed by atoms with Gasteiger partial charge in [-0.05, 0) is 32.1 Å². The molecule has 4 heterocycles. The van der Waals surface area contributed by atoms with Crippen molar-refractivity contribution in [3.8, 4) is 0 Å². The first kappa shape index (κ1) is 28.8. The lowest BCUT2D eigenvalue weighted by Crippen LogP contribution is -2.56. The predicted molar refractivity (Wildman–Crippen MR) is 146 cm³/mol. The van der Waals surface area contributed by atoms with Gasteiger partial charge in [-0.3, -0.25) is 14.4 Å². The molecular formula is C30H47N3O5. The highest BCUT2D eigenvalue weighted by Crippen LogP contribution is 2.58. The van der Waals surface area contributed by atoms with Gasteiger partial charge in [-0.1, -0.05) is 70.8 Å². The molecular weight excluding hydrogens is 482 g/mol. The Labute approximate surface area is 228 Å². The van der Waals surface area contributed by atoms with Crippen LogP contribution in [0.25, 0.3) is 0 Å². The first-order valence-corrected chi connectivity index (χ1v) is 14.9. The maximum absolute atomic E-state index is 14.3. The van der Waals surface area contributed by atoms with Gasteiger partial charge in [0.15, 0.2) is 0 Å². The van der Waals surface area contributed by atoms with Gasteiger partial charge in [-0.2, -0.15) is 0 Å². The molecule has 8 heteroatoms. The van der Waals surface area contributed by atoms with Gasteiger partial charge in [0, 0.05) is 39.3 Å². The fraction of sp³-hybridized carbons (Fsp3) is 0.767. The Morgan fingerprint density at radius 3 is 2.16 bits per heavy atom. The Kier molecular flexibility index (Phi) is 9.35. The van der Waals surface area contributed by atoms with Crippen molar-refractivity contribution in [2.75, 3.05) is 39.3 Å². The SMILES string of the molecule is CCCCCN1CC=C[C@]23O[C@@]4(CC)C=CCN(CCC)C(=O)[C@H]4[C@H]2C(=O)N(CCCCCCO)C3C1=O. The summed E-state index contributed by atoms with van der Waals surface area (Å²) in [5, 5.41) is 9.15. The molecule has 0 aromatic rings. The van der Waals surface area contributed by atoms with Crippen LogP contribution in [0.15, 0.2) is 24.3 Å². The third kappa shape index (κ3) is 4.94. The maximum Gasteiger partial charge on any atom is 0.249 e. The fourth-order valence-corrected chi connectivity index (χ4v) is 7.07. The molecule has 0 bridgehead atoms. The Morgan fingerprint density at radius 2 is 1.47 bits per heavy atom. The lowest BCUT2D eigenvalue weighted by atomic mass is 9.73. The molecule has 2 saturated heterocycles. The fourth-order valence-electron chi connectivity index (χ4n) is 7.07. The highest BCUT2D eigenvalue weighted by atomic mass is 16.5. The van der Waals surface area contributed by atoms with Crippen molar-refractivity contribution >= 4 is 17.7 Å². The quantitative estimate of drug-likeness (QED) is 0.292. The largest absolute Gasteiger partial charge is 0.396 e. The van der Waals surface area contributed by atoms with Gasteiger partial charge in [0.1, 0.15) is 11.6 Å². The smallest absolute Gasteiger partial charge is 0.249 e. The highest BCUT2D eigenvalue weighted by Gasteiger charge is 2.75. The molecule has 5 atom stereocenters. The summed E-state index contributed by atoms with van der Waals surface area (Å²) in [6.45, 7) is 9.10. The number of rotatable bonds is 13. The molecule has 38 heavy (non-hydrogen) atoms. The predicted octanol–water partition coefficient (Wildman–Crippen LogP) is 3.30. The van der Waals surface area contributed by atoms with Crippen LogP contribution in [0, 0.1) is 11.8 Å². The molecule has 1 spiro atoms. The number of carbonyl (C=O) groups is 3. The van der Waals surface area contributed by atoms with Crippen molar-refractivity contribution in [3.05, 3.63) is 24.3 Å². The van der Waals surface area contributed by atoms with Crippen LogP contribution in [0.2, 0.25) is 0 Å². The number of hydrogen-bond acceptors (Lipinski definition) is 5. The molecule has 0 aromatic heterocycles. The van der Waals surface area contributed by atoms with E-state index in [1.165, 1.54) is 0 Å². The van der Waals surface area contributed by atoms with Gasteiger partial charge in [-0.15, -0.1) is 0 Å². The van der Waals surface area contributed by atoms with Crippen LogP contribution in [0.3, 0.4) is 0 Å². The minimum atomic E-state index is -1.16. The van der Waals surface area contributed by atoms with E-state index in [9.17, 15) is 14.4 Å². The van der Waals surface area contributed by atoms with Crippen LogP contribution in [0.5, 0.6) is 0 Å². The number of hydrogen-bond donors (Lipinski definition) is 1. The first-order chi connectivity index (χ1) is 18.4. The van der Waals surface area contributed by atoms with Gasteiger partial charge in [0.25, 0.3) is 0 Å². The average molecular weight is 530 g/mol. The lowest BCUT2D eigenvalue weighted by molar-refractivity contribution is -0.154. The summed E-state index contributed by atoms with van der Waals surface area (Å²) in [5.74, 6) is -1.62. The second-order valence-electron chi connectivity index (χ2n) is 11.4. The van der Waals surface area contributed by atoms with E-state index >= 15 is 0 Å². The first-order valence-electron chi connectivity index (χ1n) is 14.9. The number of ether oxygens (including phenoxy) is 1. The zero-order chi connectivity index (χ0) is 27.3. The third-order valence-electron chi connectivity index (χ3n) is 8.94. The summed E-state index contributed by atoms with van der Waals surface area (Å²) in [4.78, 5) is 48.1. The van der Waals surface area contributed by atoms with Gasteiger partial charge in [-0.25, -0.2) is 0 Å². The van der Waals surface area contributed by atoms with Crippen molar-refractivity contribution in [2.45, 2.75) is 95.8 Å². The molecule has 8 nitrogen and oxygen atoms in total. The molecule has 4 rings (SSSR count). The summed E-state index contributed by atoms with van der Waals surface area (Å²) in [5.41, 5.74) is -2.07. The van der Waals surface area contributed by atoms with Crippen LogP contribution in [-0.4, -0.2) is 94.1 Å². The Hall–Kier alpha value is -2.19. The normalized spacial score (nSPS) is 32.5. The summed E-state index contributed by atoms with van der Waals surface area (Å²) in [7, 11) is 0. The number of aliphatic hydroxyl groups is 1. The Bertz CT molecular complexity index is 935. The summed E-state index contributed by atoms with van der Waals surface area (Å²) in [6, 6.07) is -0.769. The zero-order valence-electron chi connectivity index (χ0n) is 23.6. The lowest BCUT2D eigenvalue weighted by Gasteiger charge is -2.38. The van der Waals surface area contributed by atoms with Crippen molar-refractivity contribution in [1.29, 1.82) is 0 Å². The summed E-state index contributed by atoms with van der Waals surface area (Å²) in [6.07, 6.45) is 15.6. The van der Waals surface area contributed by atoms with Crippen LogP contribution < -0.4 is 0 Å². The summed E-state index contributed by atoms with van der Waals surface area (Å²) < 4.78 is 7.00. The molecule has 1 unspecified atom stereocenters.